The average molecular weight is 756 g/mol. The fourth-order valence-corrected chi connectivity index (χ4v) is 9.25. The molecule has 7 rings (SSSR count). The van der Waals surface area contributed by atoms with E-state index in [1.165, 1.54) is 12.0 Å². The number of nitrogens with zero attached hydrogens (tertiary/aromatic N) is 4. The molecule has 12 heteroatoms. The van der Waals surface area contributed by atoms with Crippen LogP contribution in [0.3, 0.4) is 0 Å². The molecule has 288 valence electrons. The molecule has 4 heterocycles. The lowest BCUT2D eigenvalue weighted by Gasteiger charge is -2.35. The van der Waals surface area contributed by atoms with Crippen molar-refractivity contribution in [3.8, 4) is 17.0 Å². The number of morpholine rings is 1. The van der Waals surface area contributed by atoms with Gasteiger partial charge in [-0.25, -0.2) is 13.1 Å². The van der Waals surface area contributed by atoms with Gasteiger partial charge in [-0.05, 0) is 115 Å². The Kier molecular flexibility index (Phi) is 10.3. The van der Waals surface area contributed by atoms with Gasteiger partial charge in [0.05, 0.1) is 42.4 Å². The third-order valence-electron chi connectivity index (χ3n) is 11.3. The molecule has 11 nitrogen and oxygen atoms in total. The van der Waals surface area contributed by atoms with Gasteiger partial charge < -0.3 is 18.9 Å². The van der Waals surface area contributed by atoms with Crippen molar-refractivity contribution in [2.24, 2.45) is 0 Å². The number of hydrogen-bond donors (Lipinski definition) is 1. The van der Waals surface area contributed by atoms with Crippen molar-refractivity contribution in [3.63, 3.8) is 0 Å². The van der Waals surface area contributed by atoms with Crippen LogP contribution < -0.4 is 9.46 Å². The Morgan fingerprint density at radius 1 is 0.981 bits per heavy atom. The molecule has 3 aliphatic rings. The summed E-state index contributed by atoms with van der Waals surface area (Å²) in [7, 11) is -2.18. The Morgan fingerprint density at radius 2 is 1.69 bits per heavy atom. The third kappa shape index (κ3) is 6.87. The molecule has 2 fully saturated rings. The van der Waals surface area contributed by atoms with Crippen LogP contribution in [0.4, 0.5) is 0 Å². The van der Waals surface area contributed by atoms with Crippen molar-refractivity contribution in [2.45, 2.75) is 117 Å². The number of sulfonamides is 1. The molecule has 1 N–H and O–H groups in total. The van der Waals surface area contributed by atoms with E-state index in [1.807, 2.05) is 54.6 Å². The molecule has 2 amide bonds. The van der Waals surface area contributed by atoms with Crippen LogP contribution in [0.1, 0.15) is 129 Å². The van der Waals surface area contributed by atoms with Crippen LogP contribution in [-0.4, -0.2) is 77.1 Å². The van der Waals surface area contributed by atoms with Crippen LogP contribution in [0.2, 0.25) is 0 Å². The number of methoxy groups -OCH3 is 1. The Morgan fingerprint density at radius 3 is 2.33 bits per heavy atom. The largest absolute Gasteiger partial charge is 0.497 e. The van der Waals surface area contributed by atoms with Crippen molar-refractivity contribution in [1.82, 2.24) is 24.0 Å². The Balaban J connectivity index is 1.47. The number of fused-ring (bicyclic) bond motifs is 5. The van der Waals surface area contributed by atoms with Crippen molar-refractivity contribution >= 4 is 44.4 Å². The van der Waals surface area contributed by atoms with E-state index in [0.717, 1.165) is 70.4 Å². The second-order valence-corrected chi connectivity index (χ2v) is 18.1. The fourth-order valence-electron chi connectivity index (χ4n) is 8.64. The molecule has 1 saturated carbocycles. The summed E-state index contributed by atoms with van der Waals surface area (Å²) >= 11 is 0. The quantitative estimate of drug-likeness (QED) is 0.195. The minimum Gasteiger partial charge on any atom is -0.497 e. The maximum atomic E-state index is 14.7. The monoisotopic (exact) mass is 755 g/mol. The highest BCUT2D eigenvalue weighted by Crippen LogP contribution is 2.48. The second kappa shape index (κ2) is 14.7. The minimum absolute atomic E-state index is 0.00987. The van der Waals surface area contributed by atoms with Crippen LogP contribution in [0.25, 0.3) is 33.8 Å². The molecule has 2 atom stereocenters. The van der Waals surface area contributed by atoms with E-state index in [-0.39, 0.29) is 29.7 Å². The van der Waals surface area contributed by atoms with E-state index >= 15 is 0 Å². The van der Waals surface area contributed by atoms with Gasteiger partial charge in [0.15, 0.2) is 0 Å². The number of hydrogen-bond acceptors (Lipinski definition) is 7. The Labute approximate surface area is 318 Å². The molecule has 1 saturated heterocycles. The van der Waals surface area contributed by atoms with Gasteiger partial charge in [-0.3, -0.25) is 14.3 Å². The lowest BCUT2D eigenvalue weighted by Crippen LogP contribution is -2.48. The standard InChI is InChI=1S/C42H53N5O6S/c1-24(2)47-28(7)37(42(49)45-21-26(5)53-27(6)22-45)39(43-47)32-18-31-19-33(52-8)15-17-34(31)40-38(29-12-10-9-11-13-29)35-16-14-30(20-36(35)46(40)23-32)41(48)44-54(50,51)25(3)4/h14-20,24-27,29H,9-13,21-23H2,1-8H3,(H,44,48). The number of benzene rings is 2. The number of ether oxygens (including phenoxy) is 2. The summed E-state index contributed by atoms with van der Waals surface area (Å²) in [5.41, 5.74) is 8.24. The summed E-state index contributed by atoms with van der Waals surface area (Å²) in [5, 5.41) is 5.47. The predicted octanol–water partition coefficient (Wildman–Crippen LogP) is 7.72. The molecular weight excluding hydrogens is 703 g/mol. The lowest BCUT2D eigenvalue weighted by atomic mass is 9.81. The molecule has 0 bridgehead atoms. The number of carbonyl (C=O) groups excluding carboxylic acids is 2. The lowest BCUT2D eigenvalue weighted by molar-refractivity contribution is -0.0586. The van der Waals surface area contributed by atoms with Crippen LogP contribution in [0.5, 0.6) is 5.75 Å². The van der Waals surface area contributed by atoms with Gasteiger partial charge in [-0.1, -0.05) is 25.3 Å². The van der Waals surface area contributed by atoms with E-state index < -0.39 is 21.2 Å². The van der Waals surface area contributed by atoms with Gasteiger partial charge in [0.1, 0.15) is 11.4 Å². The molecular formula is C42H53N5O6S. The SMILES string of the molecule is COc1ccc2c(c1)C=C(c1nn(C(C)C)c(C)c1C(=O)N1CC(C)OC(C)C1)Cn1c-2c(C2CCCCC2)c2ccc(C(=O)NS(=O)(=O)C(C)C)cc21. The van der Waals surface area contributed by atoms with Crippen molar-refractivity contribution in [1.29, 1.82) is 0 Å². The topological polar surface area (TPSA) is 125 Å². The van der Waals surface area contributed by atoms with Crippen molar-refractivity contribution in [2.75, 3.05) is 20.2 Å². The first-order valence-corrected chi connectivity index (χ1v) is 20.9. The molecule has 2 aromatic heterocycles. The highest BCUT2D eigenvalue weighted by atomic mass is 32.2. The number of amides is 2. The van der Waals surface area contributed by atoms with Crippen LogP contribution >= 0.6 is 0 Å². The summed E-state index contributed by atoms with van der Waals surface area (Å²) in [4.78, 5) is 30.1. The number of rotatable bonds is 8. The predicted molar refractivity (Wildman–Crippen MR) is 212 cm³/mol. The van der Waals surface area contributed by atoms with Gasteiger partial charge >= 0.3 is 0 Å². The minimum atomic E-state index is -3.85. The summed E-state index contributed by atoms with van der Waals surface area (Å²) in [6.07, 6.45) is 7.55. The second-order valence-electron chi connectivity index (χ2n) is 15.9. The smallest absolute Gasteiger partial charge is 0.264 e. The molecule has 0 radical (unpaired) electrons. The first-order chi connectivity index (χ1) is 25.7. The highest BCUT2D eigenvalue weighted by molar-refractivity contribution is 7.90. The van der Waals surface area contributed by atoms with E-state index in [2.05, 4.69) is 35.3 Å². The molecule has 2 aliphatic heterocycles. The van der Waals surface area contributed by atoms with Crippen LogP contribution in [0.15, 0.2) is 36.4 Å². The van der Waals surface area contributed by atoms with E-state index in [0.29, 0.717) is 36.8 Å². The zero-order chi connectivity index (χ0) is 38.6. The zero-order valence-electron chi connectivity index (χ0n) is 32.7. The number of carbonyl (C=O) groups is 2. The molecule has 4 aromatic rings. The maximum Gasteiger partial charge on any atom is 0.264 e. The van der Waals surface area contributed by atoms with Crippen molar-refractivity contribution in [3.05, 3.63) is 70.0 Å². The zero-order valence-corrected chi connectivity index (χ0v) is 33.5. The summed E-state index contributed by atoms with van der Waals surface area (Å²) in [6, 6.07) is 11.7. The Bertz CT molecular complexity index is 2250. The first-order valence-electron chi connectivity index (χ1n) is 19.3. The summed E-state index contributed by atoms with van der Waals surface area (Å²) in [6.45, 7) is 14.5. The number of aromatic nitrogens is 3. The number of allylic oxidation sites excluding steroid dienone is 1. The van der Waals surface area contributed by atoms with E-state index in [1.54, 1.807) is 27.0 Å². The van der Waals surface area contributed by atoms with Crippen LogP contribution in [0, 0.1) is 6.92 Å². The Hall–Kier alpha value is -4.42. The molecule has 1 aliphatic carbocycles. The summed E-state index contributed by atoms with van der Waals surface area (Å²) in [5.74, 6) is 0.288. The van der Waals surface area contributed by atoms with Crippen LogP contribution in [-0.2, 0) is 21.3 Å². The number of nitrogens with one attached hydrogen (secondary N) is 1. The molecule has 2 unspecified atom stereocenters. The molecule has 2 aromatic carbocycles. The van der Waals surface area contributed by atoms with E-state index in [9.17, 15) is 18.0 Å². The average Bonchev–Trinajstić information content (AvgIpc) is 3.58. The van der Waals surface area contributed by atoms with Gasteiger partial charge in [-0.2, -0.15) is 5.10 Å². The van der Waals surface area contributed by atoms with E-state index in [4.69, 9.17) is 14.6 Å². The normalized spacial score (nSPS) is 19.4. The van der Waals surface area contributed by atoms with Gasteiger partial charge in [0.2, 0.25) is 10.0 Å². The molecule has 0 spiro atoms. The van der Waals surface area contributed by atoms with Crippen molar-refractivity contribution < 1.29 is 27.5 Å². The first kappa shape index (κ1) is 37.9. The van der Waals surface area contributed by atoms with Gasteiger partial charge in [-0.15, -0.1) is 0 Å². The highest BCUT2D eigenvalue weighted by Gasteiger charge is 2.35. The molecule has 54 heavy (non-hydrogen) atoms. The van der Waals surface area contributed by atoms with Gasteiger partial charge in [0.25, 0.3) is 11.8 Å². The van der Waals surface area contributed by atoms with Gasteiger partial charge in [0, 0.05) is 52.4 Å². The maximum absolute atomic E-state index is 14.7. The fraction of sp³-hybridized carbons (Fsp3) is 0.500. The third-order valence-corrected chi connectivity index (χ3v) is 13.0. The summed E-state index contributed by atoms with van der Waals surface area (Å²) < 4.78 is 43.7.